The van der Waals surface area contributed by atoms with Crippen molar-refractivity contribution in [1.82, 2.24) is 0 Å². The number of aliphatic hydroxyl groups excluding tert-OH is 1. The Balaban J connectivity index is 2.11. The third kappa shape index (κ3) is 2.68. The Kier molecular flexibility index (Phi) is 3.82. The molecule has 1 aliphatic carbocycles. The van der Waals surface area contributed by atoms with Gasteiger partial charge in [0.1, 0.15) is 11.6 Å². The summed E-state index contributed by atoms with van der Waals surface area (Å²) in [4.78, 5) is 11.5. The lowest BCUT2D eigenvalue weighted by Gasteiger charge is -2.15. The van der Waals surface area contributed by atoms with Crippen LogP contribution in [-0.4, -0.2) is 23.3 Å². The van der Waals surface area contributed by atoms with E-state index in [0.717, 1.165) is 0 Å². The van der Waals surface area contributed by atoms with E-state index in [1.807, 2.05) is 0 Å². The number of carboxylic acids is 1. The molecule has 2 aromatic rings. The molecule has 120 valence electrons. The highest BCUT2D eigenvalue weighted by molar-refractivity contribution is 5.85. The Bertz CT molecular complexity index is 766. The van der Waals surface area contributed by atoms with Gasteiger partial charge in [0.25, 0.3) is 0 Å². The first-order chi connectivity index (χ1) is 11.0. The van der Waals surface area contributed by atoms with Crippen molar-refractivity contribution in [2.45, 2.75) is 24.9 Å². The highest BCUT2D eigenvalue weighted by Crippen LogP contribution is 2.49. The molecular formula is C18H17FO4. The number of halogens is 1. The lowest BCUT2D eigenvalue weighted by Crippen LogP contribution is -2.19. The van der Waals surface area contributed by atoms with Gasteiger partial charge >= 0.3 is 5.97 Å². The lowest BCUT2D eigenvalue weighted by molar-refractivity contribution is -0.140. The lowest BCUT2D eigenvalue weighted by atomic mass is 9.91. The first-order valence-electron chi connectivity index (χ1n) is 7.33. The highest BCUT2D eigenvalue weighted by Gasteiger charge is 2.52. The standard InChI is InChI=1S/C18H17FO4/c1-23-15-2-3-16(12(8-15)10-20)11-6-13(9-14(19)7-11)18(4-5-18)17(21)22/h2-3,6-9,20H,4-5,10H2,1H3,(H,21,22). The summed E-state index contributed by atoms with van der Waals surface area (Å²) in [6, 6.07) is 9.48. The second-order valence-electron chi connectivity index (χ2n) is 5.80. The molecule has 2 N–H and O–H groups in total. The summed E-state index contributed by atoms with van der Waals surface area (Å²) < 4.78 is 19.2. The number of carbonyl (C=O) groups is 1. The van der Waals surface area contributed by atoms with Gasteiger partial charge in [0.15, 0.2) is 0 Å². The van der Waals surface area contributed by atoms with Gasteiger partial charge in [-0.2, -0.15) is 0 Å². The van der Waals surface area contributed by atoms with Crippen molar-refractivity contribution < 1.29 is 24.1 Å². The van der Waals surface area contributed by atoms with Crippen molar-refractivity contribution in [2.24, 2.45) is 0 Å². The zero-order valence-corrected chi connectivity index (χ0v) is 12.7. The Morgan fingerprint density at radius 2 is 2.00 bits per heavy atom. The predicted molar refractivity (Wildman–Crippen MR) is 82.9 cm³/mol. The molecule has 0 heterocycles. The smallest absolute Gasteiger partial charge is 0.314 e. The molecular weight excluding hydrogens is 299 g/mol. The van der Waals surface area contributed by atoms with Crippen LogP contribution < -0.4 is 4.74 Å². The van der Waals surface area contributed by atoms with Crippen LogP contribution in [0, 0.1) is 5.82 Å². The molecule has 1 fully saturated rings. The minimum atomic E-state index is -0.970. The van der Waals surface area contributed by atoms with Crippen LogP contribution in [0.4, 0.5) is 4.39 Å². The molecule has 4 nitrogen and oxygen atoms in total. The number of benzene rings is 2. The summed E-state index contributed by atoms with van der Waals surface area (Å²) in [6.07, 6.45) is 1.03. The van der Waals surface area contributed by atoms with E-state index in [9.17, 15) is 19.4 Å². The summed E-state index contributed by atoms with van der Waals surface area (Å²) in [7, 11) is 1.53. The second kappa shape index (κ2) is 5.66. The van der Waals surface area contributed by atoms with Gasteiger partial charge in [-0.05, 0) is 65.4 Å². The van der Waals surface area contributed by atoms with Crippen molar-refractivity contribution in [3.63, 3.8) is 0 Å². The summed E-state index contributed by atoms with van der Waals surface area (Å²) >= 11 is 0. The monoisotopic (exact) mass is 316 g/mol. The number of aliphatic carboxylic acids is 1. The van der Waals surface area contributed by atoms with E-state index in [1.54, 1.807) is 24.3 Å². The van der Waals surface area contributed by atoms with Gasteiger partial charge in [-0.1, -0.05) is 6.07 Å². The third-order valence-corrected chi connectivity index (χ3v) is 4.40. The number of ether oxygens (including phenoxy) is 1. The quantitative estimate of drug-likeness (QED) is 0.889. The minimum Gasteiger partial charge on any atom is -0.497 e. The second-order valence-corrected chi connectivity index (χ2v) is 5.80. The fraction of sp³-hybridized carbons (Fsp3) is 0.278. The molecule has 0 unspecified atom stereocenters. The van der Waals surface area contributed by atoms with Crippen molar-refractivity contribution in [3.8, 4) is 16.9 Å². The van der Waals surface area contributed by atoms with Gasteiger partial charge in [-0.3, -0.25) is 4.79 Å². The molecule has 0 amide bonds. The van der Waals surface area contributed by atoms with E-state index in [0.29, 0.717) is 40.8 Å². The number of carboxylic acid groups (broad SMARTS) is 1. The zero-order valence-electron chi connectivity index (χ0n) is 12.7. The molecule has 0 saturated heterocycles. The molecule has 0 radical (unpaired) electrons. The van der Waals surface area contributed by atoms with Crippen LogP contribution >= 0.6 is 0 Å². The minimum absolute atomic E-state index is 0.220. The molecule has 1 aliphatic rings. The number of methoxy groups -OCH3 is 1. The van der Waals surface area contributed by atoms with Crippen LogP contribution in [0.3, 0.4) is 0 Å². The largest absolute Gasteiger partial charge is 0.497 e. The van der Waals surface area contributed by atoms with E-state index < -0.39 is 17.2 Å². The summed E-state index contributed by atoms with van der Waals surface area (Å²) in [5, 5.41) is 19.0. The van der Waals surface area contributed by atoms with E-state index in [2.05, 4.69) is 0 Å². The molecule has 0 aromatic heterocycles. The number of aliphatic hydroxyl groups is 1. The van der Waals surface area contributed by atoms with Crippen molar-refractivity contribution in [3.05, 3.63) is 53.3 Å². The number of hydrogen-bond donors (Lipinski definition) is 2. The van der Waals surface area contributed by atoms with Gasteiger partial charge in [0, 0.05) is 0 Å². The molecule has 3 rings (SSSR count). The molecule has 0 bridgehead atoms. The number of hydrogen-bond acceptors (Lipinski definition) is 3. The Morgan fingerprint density at radius 1 is 1.26 bits per heavy atom. The molecule has 2 aromatic carbocycles. The molecule has 23 heavy (non-hydrogen) atoms. The maximum Gasteiger partial charge on any atom is 0.314 e. The molecule has 0 spiro atoms. The van der Waals surface area contributed by atoms with E-state index in [1.165, 1.54) is 19.2 Å². The van der Waals surface area contributed by atoms with Crippen LogP contribution in [0.5, 0.6) is 5.75 Å². The maximum atomic E-state index is 14.0. The van der Waals surface area contributed by atoms with Crippen LogP contribution in [0.1, 0.15) is 24.0 Å². The van der Waals surface area contributed by atoms with Crippen LogP contribution in [0.15, 0.2) is 36.4 Å². The Labute approximate surface area is 133 Å². The average Bonchev–Trinajstić information content (AvgIpc) is 3.35. The Hall–Kier alpha value is -2.40. The van der Waals surface area contributed by atoms with Crippen LogP contribution in [0.2, 0.25) is 0 Å². The highest BCUT2D eigenvalue weighted by atomic mass is 19.1. The van der Waals surface area contributed by atoms with Crippen molar-refractivity contribution in [1.29, 1.82) is 0 Å². The fourth-order valence-corrected chi connectivity index (χ4v) is 2.88. The molecule has 1 saturated carbocycles. The van der Waals surface area contributed by atoms with Gasteiger partial charge in [-0.25, -0.2) is 4.39 Å². The molecule has 5 heteroatoms. The van der Waals surface area contributed by atoms with Crippen LogP contribution in [-0.2, 0) is 16.8 Å². The van der Waals surface area contributed by atoms with Gasteiger partial charge in [0.05, 0.1) is 19.1 Å². The van der Waals surface area contributed by atoms with Crippen molar-refractivity contribution >= 4 is 5.97 Å². The number of rotatable bonds is 5. The van der Waals surface area contributed by atoms with Gasteiger partial charge < -0.3 is 14.9 Å². The predicted octanol–water partition coefficient (Wildman–Crippen LogP) is 3.11. The first-order valence-corrected chi connectivity index (χ1v) is 7.33. The zero-order chi connectivity index (χ0) is 16.6. The van der Waals surface area contributed by atoms with E-state index in [4.69, 9.17) is 4.74 Å². The van der Waals surface area contributed by atoms with Crippen LogP contribution in [0.25, 0.3) is 11.1 Å². The van der Waals surface area contributed by atoms with Crippen molar-refractivity contribution in [2.75, 3.05) is 7.11 Å². The summed E-state index contributed by atoms with van der Waals surface area (Å²) in [5.41, 5.74) is 1.32. The summed E-state index contributed by atoms with van der Waals surface area (Å²) in [6.45, 7) is -0.220. The molecule has 0 aliphatic heterocycles. The van der Waals surface area contributed by atoms with Gasteiger partial charge in [0.2, 0.25) is 0 Å². The first kappa shape index (κ1) is 15.5. The summed E-state index contributed by atoms with van der Waals surface area (Å²) in [5.74, 6) is -0.811. The Morgan fingerprint density at radius 3 is 2.57 bits per heavy atom. The normalized spacial score (nSPS) is 15.3. The van der Waals surface area contributed by atoms with Gasteiger partial charge in [-0.15, -0.1) is 0 Å². The maximum absolute atomic E-state index is 14.0. The molecule has 0 atom stereocenters. The van der Waals surface area contributed by atoms with E-state index >= 15 is 0 Å². The third-order valence-electron chi connectivity index (χ3n) is 4.40. The average molecular weight is 316 g/mol. The topological polar surface area (TPSA) is 66.8 Å². The SMILES string of the molecule is COc1ccc(-c2cc(F)cc(C3(C(=O)O)CC3)c2)c(CO)c1. The van der Waals surface area contributed by atoms with E-state index in [-0.39, 0.29) is 6.61 Å². The fourth-order valence-electron chi connectivity index (χ4n) is 2.88.